The zero-order valence-electron chi connectivity index (χ0n) is 16.4. The van der Waals surface area contributed by atoms with E-state index in [4.69, 9.17) is 24.4 Å². The Morgan fingerprint density at radius 3 is 2.59 bits per heavy atom. The van der Waals surface area contributed by atoms with Crippen molar-refractivity contribution in [2.45, 2.75) is 6.92 Å². The number of thiocarbonyl (C=S) groups is 2. The maximum Gasteiger partial charge on any atom is 0.279 e. The summed E-state index contributed by atoms with van der Waals surface area (Å²) < 4.78 is 2.08. The number of hydrazine groups is 1. The molecule has 1 aromatic carbocycles. The van der Waals surface area contributed by atoms with Gasteiger partial charge in [-0.05, 0) is 72.1 Å². The lowest BCUT2D eigenvalue weighted by molar-refractivity contribution is -0.134. The van der Waals surface area contributed by atoms with Crippen LogP contribution in [0.15, 0.2) is 23.0 Å². The largest absolute Gasteiger partial charge is 0.360 e. The van der Waals surface area contributed by atoms with Crippen LogP contribution in [0.25, 0.3) is 10.9 Å². The Bertz CT molecular complexity index is 1180. The first-order chi connectivity index (χ1) is 15.2. The molecule has 15 heteroatoms. The summed E-state index contributed by atoms with van der Waals surface area (Å²) in [6.07, 6.45) is 0. The molecule has 6 N–H and O–H groups in total. The minimum Gasteiger partial charge on any atom is -0.360 e. The van der Waals surface area contributed by atoms with Crippen molar-refractivity contribution < 1.29 is 14.4 Å². The molecule has 0 aliphatic carbocycles. The molecule has 0 unspecified atom stereocenters. The number of hydrogen-bond acceptors (Lipinski definition) is 8. The number of aryl methyl sites for hydroxylation is 1. The van der Waals surface area contributed by atoms with Crippen LogP contribution in [-0.4, -0.2) is 50.7 Å². The number of carbonyl (C=O) groups is 3. The van der Waals surface area contributed by atoms with E-state index >= 15 is 0 Å². The molecule has 1 aliphatic heterocycles. The van der Waals surface area contributed by atoms with Crippen LogP contribution in [0.4, 0.5) is 0 Å². The molecule has 0 atom stereocenters. The van der Waals surface area contributed by atoms with E-state index in [1.165, 1.54) is 4.68 Å². The van der Waals surface area contributed by atoms with Crippen LogP contribution in [-0.2, 0) is 14.4 Å². The minimum atomic E-state index is -1.03. The van der Waals surface area contributed by atoms with Gasteiger partial charge in [0.1, 0.15) is 18.3 Å². The molecule has 32 heavy (non-hydrogen) atoms. The van der Waals surface area contributed by atoms with E-state index in [2.05, 4.69) is 59.8 Å². The molecule has 12 nitrogen and oxygen atoms in total. The molecule has 2 heterocycles. The van der Waals surface area contributed by atoms with Crippen LogP contribution in [0.3, 0.4) is 0 Å². The lowest BCUT2D eigenvalue weighted by atomic mass is 10.1. The summed E-state index contributed by atoms with van der Waals surface area (Å²) in [7, 11) is 0. The van der Waals surface area contributed by atoms with Gasteiger partial charge in [0.05, 0.1) is 10.9 Å². The zero-order valence-corrected chi connectivity index (χ0v) is 20.2. The fourth-order valence-electron chi connectivity index (χ4n) is 2.75. The summed E-state index contributed by atoms with van der Waals surface area (Å²) in [4.78, 5) is 52.7. The number of hydrogen-bond donors (Lipinski definition) is 6. The fraction of sp³-hybridized carbons (Fsp3) is 0.235. The topological polar surface area (TPSA) is 158 Å². The Hall–Kier alpha value is -2.92. The molecule has 168 valence electrons. The van der Waals surface area contributed by atoms with Gasteiger partial charge in [0, 0.05) is 10.1 Å². The first-order valence-electron chi connectivity index (χ1n) is 9.07. The molecule has 3 amide bonds. The Morgan fingerprint density at radius 1 is 1.22 bits per heavy atom. The molecule has 1 aliphatic rings. The second kappa shape index (κ2) is 10.1. The van der Waals surface area contributed by atoms with Crippen LogP contribution in [0.1, 0.15) is 5.82 Å². The number of benzene rings is 1. The van der Waals surface area contributed by atoms with Crippen molar-refractivity contribution in [1.29, 1.82) is 0 Å². The number of halogens is 1. The molecule has 3 rings (SSSR count). The van der Waals surface area contributed by atoms with Gasteiger partial charge in [0.15, 0.2) is 10.2 Å². The number of aromatic nitrogens is 2. The molecule has 0 bridgehead atoms. The van der Waals surface area contributed by atoms with Gasteiger partial charge in [-0.3, -0.25) is 30.0 Å². The number of carbonyl (C=O) groups excluding carboxylic acids is 3. The molecule has 1 fully saturated rings. The maximum atomic E-state index is 12.7. The van der Waals surface area contributed by atoms with E-state index < -0.39 is 23.6 Å². The van der Waals surface area contributed by atoms with E-state index in [0.29, 0.717) is 16.7 Å². The van der Waals surface area contributed by atoms with Gasteiger partial charge < -0.3 is 21.4 Å². The van der Waals surface area contributed by atoms with Crippen LogP contribution in [0, 0.1) is 16.4 Å². The van der Waals surface area contributed by atoms with E-state index in [9.17, 15) is 19.2 Å². The van der Waals surface area contributed by atoms with Gasteiger partial charge in [-0.1, -0.05) is 0 Å². The molecular weight excluding hydrogens is 571 g/mol. The van der Waals surface area contributed by atoms with Crippen LogP contribution < -0.4 is 37.8 Å². The van der Waals surface area contributed by atoms with E-state index in [1.807, 2.05) is 6.07 Å². The monoisotopic (exact) mass is 588 g/mol. The number of fused-ring (bicyclic) bond motifs is 1. The standard InChI is InChI=1S/C17H17IN8O4S2/c1-7-21-11-3-2-8(18)4-9(11)15(30)26(7)20-6-12(27)24-25-16(31)19-5-10-13(28)22-17(32)23-14(10)29/h2-4,10,20H,5-6H2,1H3,(H,24,27)(H2,19,25,31)(H2,22,23,28,29,32). The average Bonchev–Trinajstić information content (AvgIpc) is 2.72. The molecule has 1 aromatic heterocycles. The number of nitrogens with zero attached hydrogens (tertiary/aromatic N) is 2. The lowest BCUT2D eigenvalue weighted by Crippen LogP contribution is -2.59. The first kappa shape index (κ1) is 23.7. The highest BCUT2D eigenvalue weighted by molar-refractivity contribution is 14.1. The highest BCUT2D eigenvalue weighted by atomic mass is 127. The summed E-state index contributed by atoms with van der Waals surface area (Å²) in [5, 5.41) is 7.69. The Morgan fingerprint density at radius 2 is 1.91 bits per heavy atom. The number of rotatable bonds is 5. The molecule has 0 radical (unpaired) electrons. The van der Waals surface area contributed by atoms with E-state index in [0.717, 1.165) is 3.57 Å². The second-order valence-corrected chi connectivity index (χ2v) is 8.60. The molecule has 1 saturated heterocycles. The van der Waals surface area contributed by atoms with Gasteiger partial charge in [-0.2, -0.15) is 0 Å². The van der Waals surface area contributed by atoms with Crippen molar-refractivity contribution >= 4 is 85.9 Å². The van der Waals surface area contributed by atoms with Crippen LogP contribution in [0.5, 0.6) is 0 Å². The number of amides is 3. The average molecular weight is 588 g/mol. The van der Waals surface area contributed by atoms with Crippen molar-refractivity contribution in [3.05, 3.63) is 37.9 Å². The van der Waals surface area contributed by atoms with E-state index in [-0.39, 0.29) is 28.9 Å². The summed E-state index contributed by atoms with van der Waals surface area (Å²) in [5.41, 5.74) is 7.75. The van der Waals surface area contributed by atoms with Crippen LogP contribution >= 0.6 is 47.0 Å². The van der Waals surface area contributed by atoms with Gasteiger partial charge >= 0.3 is 0 Å². The van der Waals surface area contributed by atoms with E-state index in [1.54, 1.807) is 19.1 Å². The summed E-state index contributed by atoms with van der Waals surface area (Å²) in [6, 6.07) is 5.33. The van der Waals surface area contributed by atoms with Gasteiger partial charge in [-0.15, -0.1) is 0 Å². The maximum absolute atomic E-state index is 12.7. The first-order valence-corrected chi connectivity index (χ1v) is 11.0. The quantitative estimate of drug-likeness (QED) is 0.105. The van der Waals surface area contributed by atoms with Crippen molar-refractivity contribution in [1.82, 2.24) is 36.5 Å². The summed E-state index contributed by atoms with van der Waals surface area (Å²) in [5.74, 6) is -2.27. The third kappa shape index (κ3) is 5.65. The van der Waals surface area contributed by atoms with Gasteiger partial charge in [0.25, 0.3) is 11.5 Å². The Kier molecular flexibility index (Phi) is 7.52. The molecular formula is C17H17IN8O4S2. The molecule has 2 aromatic rings. The van der Waals surface area contributed by atoms with Crippen LogP contribution in [0.2, 0.25) is 0 Å². The third-order valence-corrected chi connectivity index (χ3v) is 5.41. The molecule has 0 saturated carbocycles. The predicted octanol–water partition coefficient (Wildman–Crippen LogP) is -1.50. The summed E-state index contributed by atoms with van der Waals surface area (Å²) >= 11 is 11.8. The van der Waals surface area contributed by atoms with Gasteiger partial charge in [0.2, 0.25) is 11.8 Å². The predicted molar refractivity (Wildman–Crippen MR) is 132 cm³/mol. The van der Waals surface area contributed by atoms with Crippen molar-refractivity contribution in [3.63, 3.8) is 0 Å². The SMILES string of the molecule is Cc1nc2ccc(I)cc2c(=O)n1NCC(=O)NNC(=S)NCC1C(=O)NC(=S)NC1=O. The van der Waals surface area contributed by atoms with Gasteiger partial charge in [-0.25, -0.2) is 9.66 Å². The van der Waals surface area contributed by atoms with Crippen molar-refractivity contribution in [2.24, 2.45) is 5.92 Å². The zero-order chi connectivity index (χ0) is 23.4. The summed E-state index contributed by atoms with van der Waals surface area (Å²) in [6.45, 7) is 1.29. The van der Waals surface area contributed by atoms with Crippen molar-refractivity contribution in [3.8, 4) is 0 Å². The minimum absolute atomic E-state index is 0.0117. The Labute approximate surface area is 205 Å². The lowest BCUT2D eigenvalue weighted by Gasteiger charge is -2.23. The molecule has 0 spiro atoms. The highest BCUT2D eigenvalue weighted by Crippen LogP contribution is 2.12. The smallest absolute Gasteiger partial charge is 0.279 e. The third-order valence-electron chi connectivity index (χ3n) is 4.28. The highest BCUT2D eigenvalue weighted by Gasteiger charge is 2.32. The Balaban J connectivity index is 1.50. The van der Waals surface area contributed by atoms with Crippen molar-refractivity contribution in [2.75, 3.05) is 18.5 Å². The fourth-order valence-corrected chi connectivity index (χ4v) is 3.58. The second-order valence-electron chi connectivity index (χ2n) is 6.54. The normalized spacial score (nSPS) is 13.9. The number of nitrogens with one attached hydrogen (secondary N) is 6.